The summed E-state index contributed by atoms with van der Waals surface area (Å²) in [5.41, 5.74) is 1.03. The number of aliphatic hydroxyl groups excluding tert-OH is 1. The summed E-state index contributed by atoms with van der Waals surface area (Å²) in [5, 5.41) is 28.3. The first-order valence-electron chi connectivity index (χ1n) is 7.72. The molecule has 0 spiro atoms. The van der Waals surface area contributed by atoms with Gasteiger partial charge < -0.3 is 9.84 Å². The third-order valence-corrected chi connectivity index (χ3v) is 3.58. The molecule has 0 bridgehead atoms. The van der Waals surface area contributed by atoms with Crippen LogP contribution < -0.4 is 4.74 Å². The van der Waals surface area contributed by atoms with Crippen molar-refractivity contribution in [2.45, 2.75) is 59.2 Å². The van der Waals surface area contributed by atoms with Crippen LogP contribution in [-0.2, 0) is 0 Å². The fourth-order valence-electron chi connectivity index (χ4n) is 2.33. The summed E-state index contributed by atoms with van der Waals surface area (Å²) in [7, 11) is 0. The molecule has 1 aromatic rings. The number of benzene rings is 1. The molecule has 0 heterocycles. The standard InChI is InChI=1S/C18H24N2O2/c1-12(2)6-5-7-13(3)22-18-16(14(4)21)9-8-15(10-19)17(18)11-20/h8-9,12-14,21H,5-7H2,1-4H3. The first-order chi connectivity index (χ1) is 10.4. The Kier molecular flexibility index (Phi) is 6.89. The molecule has 0 fully saturated rings. The van der Waals surface area contributed by atoms with E-state index in [0.717, 1.165) is 19.3 Å². The predicted molar refractivity (Wildman–Crippen MR) is 85.3 cm³/mol. The highest BCUT2D eigenvalue weighted by Gasteiger charge is 2.19. The van der Waals surface area contributed by atoms with E-state index in [1.807, 2.05) is 19.1 Å². The molecule has 0 aliphatic rings. The van der Waals surface area contributed by atoms with Crippen molar-refractivity contribution < 1.29 is 9.84 Å². The molecule has 22 heavy (non-hydrogen) atoms. The quantitative estimate of drug-likeness (QED) is 0.823. The lowest BCUT2D eigenvalue weighted by atomic mass is 10.00. The topological polar surface area (TPSA) is 77.0 Å². The maximum Gasteiger partial charge on any atom is 0.144 e. The van der Waals surface area contributed by atoms with Crippen molar-refractivity contribution >= 4 is 0 Å². The number of ether oxygens (including phenoxy) is 1. The van der Waals surface area contributed by atoms with Crippen LogP contribution in [-0.4, -0.2) is 11.2 Å². The summed E-state index contributed by atoms with van der Waals surface area (Å²) in [4.78, 5) is 0. The van der Waals surface area contributed by atoms with Crippen LogP contribution >= 0.6 is 0 Å². The molecule has 2 atom stereocenters. The maximum absolute atomic E-state index is 9.88. The van der Waals surface area contributed by atoms with Crippen LogP contribution in [0.2, 0.25) is 0 Å². The van der Waals surface area contributed by atoms with Gasteiger partial charge in [-0.25, -0.2) is 0 Å². The van der Waals surface area contributed by atoms with E-state index in [4.69, 9.17) is 10.00 Å². The van der Waals surface area contributed by atoms with Gasteiger partial charge in [-0.1, -0.05) is 26.3 Å². The second kappa shape index (κ2) is 8.41. The Morgan fingerprint density at radius 2 is 1.77 bits per heavy atom. The van der Waals surface area contributed by atoms with E-state index < -0.39 is 6.10 Å². The molecule has 0 amide bonds. The van der Waals surface area contributed by atoms with Crippen LogP contribution in [0.3, 0.4) is 0 Å². The van der Waals surface area contributed by atoms with Crippen LogP contribution in [0.1, 0.15) is 69.8 Å². The van der Waals surface area contributed by atoms with Gasteiger partial charge in [-0.2, -0.15) is 10.5 Å². The average Bonchev–Trinajstić information content (AvgIpc) is 2.45. The summed E-state index contributed by atoms with van der Waals surface area (Å²) in [5.74, 6) is 0.991. The number of aliphatic hydroxyl groups is 1. The first kappa shape index (κ1) is 18.0. The largest absolute Gasteiger partial charge is 0.489 e. The minimum Gasteiger partial charge on any atom is -0.489 e. The van der Waals surface area contributed by atoms with Gasteiger partial charge in [0.05, 0.1) is 17.8 Å². The molecule has 0 aliphatic heterocycles. The molecule has 0 aliphatic carbocycles. The van der Waals surface area contributed by atoms with Crippen LogP contribution in [0.5, 0.6) is 5.75 Å². The summed E-state index contributed by atoms with van der Waals surface area (Å²) in [6.07, 6.45) is 2.22. The summed E-state index contributed by atoms with van der Waals surface area (Å²) in [6.45, 7) is 7.94. The van der Waals surface area contributed by atoms with Gasteiger partial charge in [0.1, 0.15) is 23.5 Å². The van der Waals surface area contributed by atoms with Crippen LogP contribution in [0, 0.1) is 28.6 Å². The predicted octanol–water partition coefficient (Wildman–Crippen LogP) is 4.08. The molecule has 0 radical (unpaired) electrons. The molecule has 4 nitrogen and oxygen atoms in total. The van der Waals surface area contributed by atoms with Gasteiger partial charge in [0.25, 0.3) is 0 Å². The molecular formula is C18H24N2O2. The Balaban J connectivity index is 3.01. The van der Waals surface area contributed by atoms with Crippen molar-refractivity contribution in [3.05, 3.63) is 28.8 Å². The van der Waals surface area contributed by atoms with Gasteiger partial charge in [-0.15, -0.1) is 0 Å². The highest BCUT2D eigenvalue weighted by Crippen LogP contribution is 2.32. The zero-order valence-corrected chi connectivity index (χ0v) is 13.8. The molecule has 0 saturated heterocycles. The third-order valence-electron chi connectivity index (χ3n) is 3.58. The van der Waals surface area contributed by atoms with Gasteiger partial charge in [-0.3, -0.25) is 0 Å². The van der Waals surface area contributed by atoms with E-state index >= 15 is 0 Å². The minimum absolute atomic E-state index is 0.0720. The monoisotopic (exact) mass is 300 g/mol. The lowest BCUT2D eigenvalue weighted by molar-refractivity contribution is 0.172. The van der Waals surface area contributed by atoms with Crippen molar-refractivity contribution in [3.63, 3.8) is 0 Å². The SMILES string of the molecule is CC(C)CCCC(C)Oc1c(C(C)O)ccc(C#N)c1C#N. The number of nitriles is 2. The number of rotatable bonds is 7. The molecule has 118 valence electrons. The zero-order valence-electron chi connectivity index (χ0n) is 13.8. The zero-order chi connectivity index (χ0) is 16.7. The van der Waals surface area contributed by atoms with Crippen LogP contribution in [0.25, 0.3) is 0 Å². The Hall–Kier alpha value is -2.04. The molecule has 1 rings (SSSR count). The normalized spacial score (nSPS) is 13.3. The Morgan fingerprint density at radius 1 is 1.09 bits per heavy atom. The number of hydrogen-bond donors (Lipinski definition) is 1. The number of hydrogen-bond acceptors (Lipinski definition) is 4. The maximum atomic E-state index is 9.88. The Labute approximate surface area is 133 Å². The van der Waals surface area contributed by atoms with Crippen molar-refractivity contribution in [2.75, 3.05) is 0 Å². The molecule has 0 aromatic heterocycles. The van der Waals surface area contributed by atoms with Crippen molar-refractivity contribution in [1.29, 1.82) is 10.5 Å². The van der Waals surface area contributed by atoms with Gasteiger partial charge in [-0.05, 0) is 38.7 Å². The summed E-state index contributed by atoms with van der Waals surface area (Å²) < 4.78 is 5.92. The van der Waals surface area contributed by atoms with Gasteiger partial charge >= 0.3 is 0 Å². The smallest absolute Gasteiger partial charge is 0.144 e. The van der Waals surface area contributed by atoms with E-state index in [1.54, 1.807) is 19.1 Å². The molecule has 4 heteroatoms. The van der Waals surface area contributed by atoms with E-state index in [2.05, 4.69) is 13.8 Å². The highest BCUT2D eigenvalue weighted by atomic mass is 16.5. The molecular weight excluding hydrogens is 276 g/mol. The fraction of sp³-hybridized carbons (Fsp3) is 0.556. The lowest BCUT2D eigenvalue weighted by Crippen LogP contribution is -2.15. The summed E-state index contributed by atoms with van der Waals surface area (Å²) in [6, 6.07) is 7.24. The number of nitrogens with zero attached hydrogens (tertiary/aromatic N) is 2. The van der Waals surface area contributed by atoms with Gasteiger partial charge in [0.15, 0.2) is 0 Å². The first-order valence-corrected chi connectivity index (χ1v) is 7.72. The van der Waals surface area contributed by atoms with Crippen LogP contribution in [0.15, 0.2) is 12.1 Å². The van der Waals surface area contributed by atoms with E-state index in [9.17, 15) is 10.4 Å². The van der Waals surface area contributed by atoms with Crippen molar-refractivity contribution in [1.82, 2.24) is 0 Å². The van der Waals surface area contributed by atoms with Crippen LogP contribution in [0.4, 0.5) is 0 Å². The van der Waals surface area contributed by atoms with E-state index in [1.165, 1.54) is 0 Å². The Morgan fingerprint density at radius 3 is 2.27 bits per heavy atom. The molecule has 1 N–H and O–H groups in total. The third kappa shape index (κ3) is 4.76. The van der Waals surface area contributed by atoms with Crippen molar-refractivity contribution in [3.8, 4) is 17.9 Å². The second-order valence-corrected chi connectivity index (χ2v) is 6.06. The van der Waals surface area contributed by atoms with E-state index in [-0.39, 0.29) is 17.2 Å². The Bertz CT molecular complexity index is 580. The fourth-order valence-corrected chi connectivity index (χ4v) is 2.33. The van der Waals surface area contributed by atoms with E-state index in [0.29, 0.717) is 17.2 Å². The summed E-state index contributed by atoms with van der Waals surface area (Å²) >= 11 is 0. The lowest BCUT2D eigenvalue weighted by Gasteiger charge is -2.20. The second-order valence-electron chi connectivity index (χ2n) is 6.06. The highest BCUT2D eigenvalue weighted by molar-refractivity contribution is 5.58. The van der Waals surface area contributed by atoms with Gasteiger partial charge in [0, 0.05) is 5.56 Å². The molecule has 0 saturated carbocycles. The molecule has 2 unspecified atom stereocenters. The average molecular weight is 300 g/mol. The van der Waals surface area contributed by atoms with Crippen molar-refractivity contribution in [2.24, 2.45) is 5.92 Å². The van der Waals surface area contributed by atoms with Gasteiger partial charge in [0.2, 0.25) is 0 Å². The molecule has 1 aromatic carbocycles. The minimum atomic E-state index is -0.752.